The average Bonchev–Trinajstić information content (AvgIpc) is 2.57. The fraction of sp³-hybridized carbons (Fsp3) is 0.538. The maximum Gasteiger partial charge on any atom is 0.180 e. The van der Waals surface area contributed by atoms with Gasteiger partial charge in [0.1, 0.15) is 0 Å². The van der Waals surface area contributed by atoms with Crippen molar-refractivity contribution in [1.29, 1.82) is 0 Å². The van der Waals surface area contributed by atoms with E-state index in [0.29, 0.717) is 18.0 Å². The van der Waals surface area contributed by atoms with Crippen LogP contribution < -0.4 is 5.32 Å². The first-order chi connectivity index (χ1) is 8.50. The molecular formula is C13H19NO3S. The standard InChI is InChI=1S/C13H19NO3S/c1-10(2)17-8-7-14-12-9-18(15,16)13-6-4-3-5-11(12)13/h3-6,10,12,14H,7-9H2,1-2H3. The van der Waals surface area contributed by atoms with Crippen LogP contribution in [-0.4, -0.2) is 33.4 Å². The molecule has 0 aliphatic carbocycles. The van der Waals surface area contributed by atoms with E-state index < -0.39 is 9.84 Å². The van der Waals surface area contributed by atoms with Gasteiger partial charge in [0.05, 0.1) is 23.4 Å². The number of hydrogen-bond acceptors (Lipinski definition) is 4. The predicted octanol–water partition coefficient (Wildman–Crippen LogP) is 1.53. The Morgan fingerprint density at radius 2 is 2.11 bits per heavy atom. The van der Waals surface area contributed by atoms with Crippen LogP contribution in [0.25, 0.3) is 0 Å². The third-order valence-electron chi connectivity index (χ3n) is 2.96. The number of benzene rings is 1. The van der Waals surface area contributed by atoms with E-state index in [2.05, 4.69) is 5.32 Å². The molecule has 0 spiro atoms. The first-order valence-electron chi connectivity index (χ1n) is 6.17. The number of fused-ring (bicyclic) bond motifs is 1. The Morgan fingerprint density at radius 1 is 1.39 bits per heavy atom. The quantitative estimate of drug-likeness (QED) is 0.824. The lowest BCUT2D eigenvalue weighted by Gasteiger charge is -2.13. The van der Waals surface area contributed by atoms with Crippen LogP contribution >= 0.6 is 0 Å². The monoisotopic (exact) mass is 269 g/mol. The molecule has 1 aliphatic rings. The summed E-state index contributed by atoms with van der Waals surface area (Å²) in [5.41, 5.74) is 0.877. The Bertz CT molecular complexity index is 511. The van der Waals surface area contributed by atoms with Gasteiger partial charge in [0.2, 0.25) is 0 Å². The first kappa shape index (κ1) is 13.5. The second-order valence-corrected chi connectivity index (χ2v) is 6.75. The van der Waals surface area contributed by atoms with Gasteiger partial charge in [-0.05, 0) is 25.5 Å². The average molecular weight is 269 g/mol. The second-order valence-electron chi connectivity index (χ2n) is 4.75. The van der Waals surface area contributed by atoms with E-state index in [4.69, 9.17) is 4.74 Å². The molecule has 1 heterocycles. The lowest BCUT2D eigenvalue weighted by Crippen LogP contribution is -2.27. The molecule has 0 fully saturated rings. The molecule has 0 radical (unpaired) electrons. The third kappa shape index (κ3) is 2.91. The number of rotatable bonds is 5. The molecule has 1 aliphatic heterocycles. The van der Waals surface area contributed by atoms with E-state index in [0.717, 1.165) is 5.56 Å². The van der Waals surface area contributed by atoms with Crippen molar-refractivity contribution in [2.24, 2.45) is 0 Å². The zero-order chi connectivity index (χ0) is 13.2. The number of hydrogen-bond donors (Lipinski definition) is 1. The minimum atomic E-state index is -3.11. The maximum atomic E-state index is 11.9. The van der Waals surface area contributed by atoms with E-state index >= 15 is 0 Å². The van der Waals surface area contributed by atoms with Crippen molar-refractivity contribution in [3.05, 3.63) is 29.8 Å². The Kier molecular flexibility index (Phi) is 4.04. The van der Waals surface area contributed by atoms with Crippen molar-refractivity contribution < 1.29 is 13.2 Å². The smallest absolute Gasteiger partial charge is 0.180 e. The molecule has 0 bridgehead atoms. The highest BCUT2D eigenvalue weighted by Gasteiger charge is 2.33. The van der Waals surface area contributed by atoms with Gasteiger partial charge in [-0.15, -0.1) is 0 Å². The Hall–Kier alpha value is -0.910. The molecular weight excluding hydrogens is 250 g/mol. The number of nitrogens with one attached hydrogen (secondary N) is 1. The van der Waals surface area contributed by atoms with Gasteiger partial charge in [-0.1, -0.05) is 18.2 Å². The fourth-order valence-corrected chi connectivity index (χ4v) is 3.92. The number of ether oxygens (including phenoxy) is 1. The Morgan fingerprint density at radius 3 is 2.83 bits per heavy atom. The molecule has 4 nitrogen and oxygen atoms in total. The molecule has 1 atom stereocenters. The SMILES string of the molecule is CC(C)OCCNC1CS(=O)(=O)c2ccccc21. The summed E-state index contributed by atoms with van der Waals surface area (Å²) >= 11 is 0. The van der Waals surface area contributed by atoms with E-state index in [1.54, 1.807) is 12.1 Å². The van der Waals surface area contributed by atoms with Crippen molar-refractivity contribution in [2.45, 2.75) is 30.9 Å². The van der Waals surface area contributed by atoms with Gasteiger partial charge in [0.25, 0.3) is 0 Å². The molecule has 0 amide bonds. The van der Waals surface area contributed by atoms with Crippen molar-refractivity contribution >= 4 is 9.84 Å². The predicted molar refractivity (Wildman–Crippen MR) is 70.3 cm³/mol. The van der Waals surface area contributed by atoms with Gasteiger partial charge < -0.3 is 10.1 Å². The summed E-state index contributed by atoms with van der Waals surface area (Å²) < 4.78 is 29.3. The van der Waals surface area contributed by atoms with Crippen molar-refractivity contribution in [3.63, 3.8) is 0 Å². The second kappa shape index (κ2) is 5.38. The Balaban J connectivity index is 2.00. The normalized spacial score (nSPS) is 21.2. The summed E-state index contributed by atoms with van der Waals surface area (Å²) in [6.45, 7) is 5.22. The maximum absolute atomic E-state index is 11.9. The van der Waals surface area contributed by atoms with Crippen LogP contribution in [0.15, 0.2) is 29.2 Å². The van der Waals surface area contributed by atoms with Gasteiger partial charge in [-0.2, -0.15) is 0 Å². The van der Waals surface area contributed by atoms with Crippen LogP contribution in [0, 0.1) is 0 Å². The van der Waals surface area contributed by atoms with E-state index in [1.807, 2.05) is 26.0 Å². The molecule has 1 N–H and O–H groups in total. The topological polar surface area (TPSA) is 55.4 Å². The van der Waals surface area contributed by atoms with Crippen LogP contribution in [0.2, 0.25) is 0 Å². The molecule has 2 rings (SSSR count). The first-order valence-corrected chi connectivity index (χ1v) is 7.82. The zero-order valence-corrected chi connectivity index (χ0v) is 11.5. The summed E-state index contributed by atoms with van der Waals surface area (Å²) in [4.78, 5) is 0.465. The van der Waals surface area contributed by atoms with Crippen LogP contribution in [0.5, 0.6) is 0 Å². The molecule has 1 aromatic carbocycles. The van der Waals surface area contributed by atoms with Crippen LogP contribution in [0.1, 0.15) is 25.5 Å². The minimum Gasteiger partial charge on any atom is -0.377 e. The summed E-state index contributed by atoms with van der Waals surface area (Å²) in [5, 5.41) is 3.24. The molecule has 0 saturated carbocycles. The van der Waals surface area contributed by atoms with Gasteiger partial charge >= 0.3 is 0 Å². The minimum absolute atomic E-state index is 0.109. The highest BCUT2D eigenvalue weighted by Crippen LogP contribution is 2.32. The van der Waals surface area contributed by atoms with Gasteiger partial charge in [-0.25, -0.2) is 8.42 Å². The van der Waals surface area contributed by atoms with E-state index in [1.165, 1.54) is 0 Å². The summed E-state index contributed by atoms with van der Waals surface area (Å²) in [5.74, 6) is 0.147. The molecule has 5 heteroatoms. The molecule has 1 aromatic rings. The molecule has 100 valence electrons. The largest absolute Gasteiger partial charge is 0.377 e. The third-order valence-corrected chi connectivity index (χ3v) is 4.77. The van der Waals surface area contributed by atoms with Crippen molar-refractivity contribution in [2.75, 3.05) is 18.9 Å². The lowest BCUT2D eigenvalue weighted by molar-refractivity contribution is 0.0797. The molecule has 18 heavy (non-hydrogen) atoms. The molecule has 1 unspecified atom stereocenters. The van der Waals surface area contributed by atoms with Gasteiger partial charge in [-0.3, -0.25) is 0 Å². The highest BCUT2D eigenvalue weighted by molar-refractivity contribution is 7.91. The van der Waals surface area contributed by atoms with Crippen LogP contribution in [0.4, 0.5) is 0 Å². The fourth-order valence-electron chi connectivity index (χ4n) is 2.15. The summed E-state index contributed by atoms with van der Waals surface area (Å²) in [6.07, 6.45) is 0.200. The highest BCUT2D eigenvalue weighted by atomic mass is 32.2. The van der Waals surface area contributed by atoms with Gasteiger partial charge in [0, 0.05) is 12.6 Å². The molecule has 0 aromatic heterocycles. The van der Waals surface area contributed by atoms with Crippen LogP contribution in [-0.2, 0) is 14.6 Å². The lowest BCUT2D eigenvalue weighted by atomic mass is 10.1. The van der Waals surface area contributed by atoms with Crippen molar-refractivity contribution in [3.8, 4) is 0 Å². The van der Waals surface area contributed by atoms with E-state index in [-0.39, 0.29) is 17.9 Å². The van der Waals surface area contributed by atoms with Crippen LogP contribution in [0.3, 0.4) is 0 Å². The Labute approximate surface area is 108 Å². The van der Waals surface area contributed by atoms with Gasteiger partial charge in [0.15, 0.2) is 9.84 Å². The molecule has 0 saturated heterocycles. The van der Waals surface area contributed by atoms with Crippen molar-refractivity contribution in [1.82, 2.24) is 5.32 Å². The zero-order valence-electron chi connectivity index (χ0n) is 10.7. The van der Waals surface area contributed by atoms with E-state index in [9.17, 15) is 8.42 Å². The number of sulfone groups is 1. The summed E-state index contributed by atoms with van der Waals surface area (Å²) in [6, 6.07) is 7.08. The summed E-state index contributed by atoms with van der Waals surface area (Å²) in [7, 11) is -3.11.